The Hall–Kier alpha value is -1.67. The lowest BCUT2D eigenvalue weighted by molar-refractivity contribution is -0.153. The van der Waals surface area contributed by atoms with Gasteiger partial charge in [-0.2, -0.15) is 13.2 Å². The molecule has 0 heterocycles. The molecule has 0 radical (unpaired) electrons. The van der Waals surface area contributed by atoms with Crippen LogP contribution in [0.1, 0.15) is 12.0 Å². The first-order valence-corrected chi connectivity index (χ1v) is 4.90. The first kappa shape index (κ1) is 13.4. The molecule has 1 rings (SSSR count). The summed E-state index contributed by atoms with van der Waals surface area (Å²) in [4.78, 5) is 0. The van der Waals surface area contributed by atoms with E-state index in [2.05, 4.69) is 16.6 Å². The van der Waals surface area contributed by atoms with Gasteiger partial charge in [-0.1, -0.05) is 11.8 Å². The van der Waals surface area contributed by atoms with Gasteiger partial charge in [-0.25, -0.2) is 0 Å². The third-order valence-corrected chi connectivity index (χ3v) is 1.73. The minimum atomic E-state index is -4.33. The Bertz CT molecular complexity index is 398. The van der Waals surface area contributed by atoms with Gasteiger partial charge >= 0.3 is 6.18 Å². The van der Waals surface area contributed by atoms with Crippen LogP contribution in [0.5, 0.6) is 5.75 Å². The summed E-state index contributed by atoms with van der Waals surface area (Å²) in [6.07, 6.45) is -3.97. The van der Waals surface area contributed by atoms with Crippen LogP contribution in [0.25, 0.3) is 0 Å². The minimum absolute atomic E-state index is 0.0141. The maximum absolute atomic E-state index is 11.9. The molecular formula is C12H11F3O2. The molecule has 0 atom stereocenters. The molecule has 17 heavy (non-hydrogen) atoms. The van der Waals surface area contributed by atoms with Gasteiger partial charge in [-0.3, -0.25) is 0 Å². The number of hydrogen-bond donors (Lipinski definition) is 1. The highest BCUT2D eigenvalue weighted by atomic mass is 19.4. The smallest absolute Gasteiger partial charge is 0.422 e. The second-order valence-electron chi connectivity index (χ2n) is 3.20. The second kappa shape index (κ2) is 6.16. The van der Waals surface area contributed by atoms with Gasteiger partial charge in [-0.15, -0.1) is 0 Å². The molecule has 5 heteroatoms. The second-order valence-corrected chi connectivity index (χ2v) is 3.20. The lowest BCUT2D eigenvalue weighted by Crippen LogP contribution is -2.19. The zero-order chi connectivity index (χ0) is 12.7. The lowest BCUT2D eigenvalue weighted by Gasteiger charge is -2.08. The van der Waals surface area contributed by atoms with Crippen LogP contribution >= 0.6 is 0 Å². The third-order valence-electron chi connectivity index (χ3n) is 1.73. The Labute approximate surface area is 97.0 Å². The Morgan fingerprint density at radius 1 is 1.18 bits per heavy atom. The lowest BCUT2D eigenvalue weighted by atomic mass is 10.2. The van der Waals surface area contributed by atoms with Gasteiger partial charge in [0.05, 0.1) is 6.61 Å². The summed E-state index contributed by atoms with van der Waals surface area (Å²) in [6, 6.07) is 5.98. The van der Waals surface area contributed by atoms with Crippen molar-refractivity contribution in [2.45, 2.75) is 12.6 Å². The zero-order valence-electron chi connectivity index (χ0n) is 8.92. The molecule has 2 nitrogen and oxygen atoms in total. The van der Waals surface area contributed by atoms with Crippen molar-refractivity contribution >= 4 is 0 Å². The molecule has 0 saturated carbocycles. The summed E-state index contributed by atoms with van der Waals surface area (Å²) in [6.45, 7) is -1.32. The molecule has 1 N–H and O–H groups in total. The summed E-state index contributed by atoms with van der Waals surface area (Å²) in [5, 5.41) is 8.51. The third kappa shape index (κ3) is 5.83. The van der Waals surface area contributed by atoms with E-state index in [1.807, 2.05) is 0 Å². The fourth-order valence-corrected chi connectivity index (χ4v) is 1.02. The molecule has 0 aliphatic carbocycles. The van der Waals surface area contributed by atoms with Crippen molar-refractivity contribution in [3.63, 3.8) is 0 Å². The molecule has 0 unspecified atom stereocenters. The van der Waals surface area contributed by atoms with E-state index >= 15 is 0 Å². The summed E-state index contributed by atoms with van der Waals surface area (Å²) in [5.41, 5.74) is 0.665. The molecule has 0 fully saturated rings. The van der Waals surface area contributed by atoms with Crippen molar-refractivity contribution < 1.29 is 23.0 Å². The molecule has 1 aromatic rings. The Balaban J connectivity index is 2.54. The largest absolute Gasteiger partial charge is 0.484 e. The standard InChI is InChI=1S/C12H11F3O2/c13-12(14,15)9-17-11-6-4-10(5-7-11)3-1-2-8-16/h4-7,16H,2,8-9H2. The van der Waals surface area contributed by atoms with Crippen molar-refractivity contribution in [1.82, 2.24) is 0 Å². The first-order valence-electron chi connectivity index (χ1n) is 4.90. The van der Waals surface area contributed by atoms with Gasteiger partial charge in [0.25, 0.3) is 0 Å². The molecule has 0 aromatic heterocycles. The summed E-state index contributed by atoms with van der Waals surface area (Å²) < 4.78 is 40.1. The number of alkyl halides is 3. The zero-order valence-corrected chi connectivity index (χ0v) is 8.92. The first-order chi connectivity index (χ1) is 8.01. The van der Waals surface area contributed by atoms with E-state index in [1.165, 1.54) is 12.1 Å². The van der Waals surface area contributed by atoms with Gasteiger partial charge in [-0.05, 0) is 24.3 Å². The number of aliphatic hydroxyl groups excluding tert-OH is 1. The van der Waals surface area contributed by atoms with E-state index in [1.54, 1.807) is 12.1 Å². The van der Waals surface area contributed by atoms with E-state index in [9.17, 15) is 13.2 Å². The quantitative estimate of drug-likeness (QED) is 0.827. The van der Waals surface area contributed by atoms with Crippen LogP contribution in [0.3, 0.4) is 0 Å². The van der Waals surface area contributed by atoms with Gasteiger partial charge in [0.2, 0.25) is 0 Å². The van der Waals surface area contributed by atoms with E-state index < -0.39 is 12.8 Å². The monoisotopic (exact) mass is 244 g/mol. The number of hydrogen-bond acceptors (Lipinski definition) is 2. The molecule has 0 spiro atoms. The molecule has 1 aromatic carbocycles. The SMILES string of the molecule is OCCC#Cc1ccc(OCC(F)(F)F)cc1. The Morgan fingerprint density at radius 2 is 1.82 bits per heavy atom. The Morgan fingerprint density at radius 3 is 2.35 bits per heavy atom. The normalized spacial score (nSPS) is 10.6. The van der Waals surface area contributed by atoms with Gasteiger partial charge in [0, 0.05) is 12.0 Å². The number of halogens is 3. The predicted molar refractivity (Wildman–Crippen MR) is 56.6 cm³/mol. The molecule has 0 bridgehead atoms. The van der Waals surface area contributed by atoms with E-state index in [-0.39, 0.29) is 12.4 Å². The van der Waals surface area contributed by atoms with Crippen molar-refractivity contribution in [3.8, 4) is 17.6 Å². The van der Waals surface area contributed by atoms with Gasteiger partial charge < -0.3 is 9.84 Å². The fraction of sp³-hybridized carbons (Fsp3) is 0.333. The molecule has 0 aliphatic heterocycles. The minimum Gasteiger partial charge on any atom is -0.484 e. The van der Waals surface area contributed by atoms with E-state index in [0.717, 1.165) is 0 Å². The average molecular weight is 244 g/mol. The van der Waals surface area contributed by atoms with Crippen molar-refractivity contribution in [2.75, 3.05) is 13.2 Å². The van der Waals surface area contributed by atoms with Crippen LogP contribution in [-0.2, 0) is 0 Å². The molecule has 0 saturated heterocycles. The van der Waals surface area contributed by atoms with Crippen LogP contribution in [0.4, 0.5) is 13.2 Å². The molecule has 0 amide bonds. The topological polar surface area (TPSA) is 29.5 Å². The number of aliphatic hydroxyl groups is 1. The van der Waals surface area contributed by atoms with Crippen LogP contribution in [-0.4, -0.2) is 24.5 Å². The number of benzene rings is 1. The highest BCUT2D eigenvalue weighted by Crippen LogP contribution is 2.18. The Kier molecular flexibility index (Phi) is 4.85. The summed E-state index contributed by atoms with van der Waals surface area (Å²) in [5.74, 6) is 5.61. The molecular weight excluding hydrogens is 233 g/mol. The number of ether oxygens (including phenoxy) is 1. The molecule has 0 aliphatic rings. The number of rotatable bonds is 3. The average Bonchev–Trinajstić information content (AvgIpc) is 2.27. The van der Waals surface area contributed by atoms with Crippen LogP contribution < -0.4 is 4.74 Å². The highest BCUT2D eigenvalue weighted by molar-refractivity contribution is 5.38. The summed E-state index contributed by atoms with van der Waals surface area (Å²) >= 11 is 0. The van der Waals surface area contributed by atoms with Crippen LogP contribution in [0.15, 0.2) is 24.3 Å². The summed E-state index contributed by atoms with van der Waals surface area (Å²) in [7, 11) is 0. The predicted octanol–water partition coefficient (Wildman–Crippen LogP) is 2.36. The van der Waals surface area contributed by atoms with Crippen molar-refractivity contribution in [3.05, 3.63) is 29.8 Å². The van der Waals surface area contributed by atoms with Gasteiger partial charge in [0.15, 0.2) is 6.61 Å². The van der Waals surface area contributed by atoms with Crippen LogP contribution in [0, 0.1) is 11.8 Å². The highest BCUT2D eigenvalue weighted by Gasteiger charge is 2.28. The van der Waals surface area contributed by atoms with Crippen molar-refractivity contribution in [1.29, 1.82) is 0 Å². The fourth-order valence-electron chi connectivity index (χ4n) is 1.02. The maximum atomic E-state index is 11.9. The van der Waals surface area contributed by atoms with Gasteiger partial charge in [0.1, 0.15) is 5.75 Å². The van der Waals surface area contributed by atoms with E-state index in [0.29, 0.717) is 12.0 Å². The van der Waals surface area contributed by atoms with E-state index in [4.69, 9.17) is 5.11 Å². The maximum Gasteiger partial charge on any atom is 0.422 e. The van der Waals surface area contributed by atoms with Crippen molar-refractivity contribution in [2.24, 2.45) is 0 Å². The molecule has 92 valence electrons. The van der Waals surface area contributed by atoms with Crippen LogP contribution in [0.2, 0.25) is 0 Å².